The molecule has 0 radical (unpaired) electrons. The molecular formula is C9H12N2Se. The molecule has 0 saturated heterocycles. The number of hydrogen-bond acceptors (Lipinski definition) is 2. The summed E-state index contributed by atoms with van der Waals surface area (Å²) in [5.74, 6) is 0. The van der Waals surface area contributed by atoms with Crippen LogP contribution in [-0.4, -0.2) is 14.5 Å². The number of nitriles is 1. The van der Waals surface area contributed by atoms with Gasteiger partial charge in [0.05, 0.1) is 0 Å². The first-order valence-corrected chi connectivity index (χ1v) is 5.59. The summed E-state index contributed by atoms with van der Waals surface area (Å²) in [4.78, 5) is 2.11. The van der Waals surface area contributed by atoms with Gasteiger partial charge in [-0.05, 0) is 0 Å². The van der Waals surface area contributed by atoms with Gasteiger partial charge in [-0.3, -0.25) is 0 Å². The average molecular weight is 227 g/mol. The van der Waals surface area contributed by atoms with Gasteiger partial charge in [-0.15, -0.1) is 0 Å². The Balaban J connectivity index is 3.22. The summed E-state index contributed by atoms with van der Waals surface area (Å²) in [5.41, 5.74) is 7.75. The molecule has 1 aromatic heterocycles. The van der Waals surface area contributed by atoms with Crippen molar-refractivity contribution in [2.45, 2.75) is 26.2 Å². The number of nitrogens with two attached hydrogens (primary N) is 1. The van der Waals surface area contributed by atoms with Crippen molar-refractivity contribution in [3.05, 3.63) is 14.9 Å². The molecule has 1 heterocycles. The Morgan fingerprint density at radius 2 is 2.08 bits per heavy atom. The molecule has 0 bridgehead atoms. The van der Waals surface area contributed by atoms with Crippen LogP contribution in [-0.2, 0) is 5.41 Å². The van der Waals surface area contributed by atoms with E-state index >= 15 is 0 Å². The van der Waals surface area contributed by atoms with Crippen molar-refractivity contribution in [2.24, 2.45) is 0 Å². The van der Waals surface area contributed by atoms with E-state index in [1.807, 2.05) is 0 Å². The summed E-state index contributed by atoms with van der Waals surface area (Å²) >= 11 is 0.168. The van der Waals surface area contributed by atoms with E-state index in [1.54, 1.807) is 0 Å². The van der Waals surface area contributed by atoms with Crippen LogP contribution in [0.5, 0.6) is 0 Å². The minimum absolute atomic E-state index is 0.0738. The Bertz CT molecular complexity index is 325. The van der Waals surface area contributed by atoms with Gasteiger partial charge in [0, 0.05) is 0 Å². The fourth-order valence-corrected chi connectivity index (χ4v) is 3.14. The maximum atomic E-state index is 8.71. The molecule has 0 amide bonds. The van der Waals surface area contributed by atoms with Crippen LogP contribution in [0, 0.1) is 11.3 Å². The molecule has 0 aromatic carbocycles. The third-order valence-corrected chi connectivity index (χ3v) is 3.63. The number of hydrogen-bond donors (Lipinski definition) is 1. The first-order chi connectivity index (χ1) is 5.46. The molecule has 2 N–H and O–H groups in total. The van der Waals surface area contributed by atoms with E-state index < -0.39 is 0 Å². The Labute approximate surface area is 78.7 Å². The van der Waals surface area contributed by atoms with Crippen LogP contribution in [0.15, 0.2) is 4.94 Å². The molecule has 0 atom stereocenters. The molecule has 2 nitrogen and oxygen atoms in total. The summed E-state index contributed by atoms with van der Waals surface area (Å²) in [6, 6.07) is 2.15. The van der Waals surface area contributed by atoms with Crippen molar-refractivity contribution >= 4 is 20.2 Å². The van der Waals surface area contributed by atoms with Gasteiger partial charge in [0.2, 0.25) is 0 Å². The van der Waals surface area contributed by atoms with Crippen molar-refractivity contribution in [2.75, 3.05) is 5.73 Å². The molecule has 0 fully saturated rings. The zero-order valence-electron chi connectivity index (χ0n) is 7.51. The Kier molecular flexibility index (Phi) is 2.32. The van der Waals surface area contributed by atoms with Crippen LogP contribution in [0.4, 0.5) is 5.69 Å². The van der Waals surface area contributed by atoms with Gasteiger partial charge in [0.15, 0.2) is 0 Å². The minimum atomic E-state index is 0.0738. The van der Waals surface area contributed by atoms with Gasteiger partial charge in [0.1, 0.15) is 0 Å². The Hall–Kier alpha value is -0.711. The van der Waals surface area contributed by atoms with Gasteiger partial charge in [-0.25, -0.2) is 0 Å². The summed E-state index contributed by atoms with van der Waals surface area (Å²) in [7, 11) is 0. The SMILES string of the molecule is CC(C)(C)c1c[se]c(C#N)c1N. The number of rotatable bonds is 0. The zero-order valence-corrected chi connectivity index (χ0v) is 9.22. The maximum absolute atomic E-state index is 8.71. The summed E-state index contributed by atoms with van der Waals surface area (Å²) in [5, 5.41) is 8.71. The van der Waals surface area contributed by atoms with E-state index in [0.717, 1.165) is 10.0 Å². The van der Waals surface area contributed by atoms with Gasteiger partial charge < -0.3 is 0 Å². The second-order valence-corrected chi connectivity index (χ2v) is 5.60. The van der Waals surface area contributed by atoms with E-state index in [9.17, 15) is 0 Å². The molecule has 3 heteroatoms. The van der Waals surface area contributed by atoms with E-state index in [-0.39, 0.29) is 19.9 Å². The molecule has 0 aliphatic heterocycles. The Morgan fingerprint density at radius 1 is 1.50 bits per heavy atom. The van der Waals surface area contributed by atoms with Gasteiger partial charge in [-0.2, -0.15) is 0 Å². The predicted molar refractivity (Wildman–Crippen MR) is 51.2 cm³/mol. The second-order valence-electron chi connectivity index (χ2n) is 3.75. The van der Waals surface area contributed by atoms with Crippen molar-refractivity contribution in [1.82, 2.24) is 0 Å². The molecule has 12 heavy (non-hydrogen) atoms. The molecule has 1 rings (SSSR count). The van der Waals surface area contributed by atoms with Crippen molar-refractivity contribution in [3.8, 4) is 6.07 Å². The molecule has 1 aromatic rings. The van der Waals surface area contributed by atoms with E-state index in [4.69, 9.17) is 11.0 Å². The van der Waals surface area contributed by atoms with Crippen molar-refractivity contribution in [3.63, 3.8) is 0 Å². The first-order valence-electron chi connectivity index (χ1n) is 3.74. The normalized spacial score (nSPS) is 11.2. The fraction of sp³-hybridized carbons (Fsp3) is 0.444. The topological polar surface area (TPSA) is 49.8 Å². The van der Waals surface area contributed by atoms with Crippen LogP contribution in [0.3, 0.4) is 0 Å². The monoisotopic (exact) mass is 228 g/mol. The first kappa shape index (κ1) is 9.38. The van der Waals surface area contributed by atoms with Gasteiger partial charge in [-0.1, -0.05) is 0 Å². The number of nitrogens with zero attached hydrogens (tertiary/aromatic N) is 1. The fourth-order valence-electron chi connectivity index (χ4n) is 1.03. The number of nitrogen functional groups attached to an aromatic ring is 1. The third kappa shape index (κ3) is 1.55. The molecule has 0 unspecified atom stereocenters. The van der Waals surface area contributed by atoms with Crippen LogP contribution in [0.2, 0.25) is 0 Å². The quantitative estimate of drug-likeness (QED) is 0.683. The standard InChI is InChI=1S/C9H12N2Se/c1-9(2,3)6-5-12-7(4-10)8(6)11/h5H,11H2,1-3H3. The van der Waals surface area contributed by atoms with Crippen LogP contribution < -0.4 is 5.73 Å². The van der Waals surface area contributed by atoms with Crippen molar-refractivity contribution in [1.29, 1.82) is 5.26 Å². The molecule has 0 saturated carbocycles. The second kappa shape index (κ2) is 2.97. The number of anilines is 1. The molecular weight excluding hydrogens is 215 g/mol. The summed E-state index contributed by atoms with van der Waals surface area (Å²) in [6.07, 6.45) is 0. The molecule has 64 valence electrons. The third-order valence-electron chi connectivity index (χ3n) is 1.74. The van der Waals surface area contributed by atoms with Crippen LogP contribution in [0.1, 0.15) is 30.8 Å². The predicted octanol–water partition coefficient (Wildman–Crippen LogP) is 1.49. The van der Waals surface area contributed by atoms with Crippen LogP contribution in [0.25, 0.3) is 0 Å². The van der Waals surface area contributed by atoms with Crippen molar-refractivity contribution < 1.29 is 0 Å². The average Bonchev–Trinajstić information content (AvgIpc) is 2.29. The zero-order chi connectivity index (χ0) is 9.35. The van der Waals surface area contributed by atoms with Gasteiger partial charge >= 0.3 is 78.4 Å². The summed E-state index contributed by atoms with van der Waals surface area (Å²) in [6.45, 7) is 6.34. The van der Waals surface area contributed by atoms with E-state index in [1.165, 1.54) is 0 Å². The van der Waals surface area contributed by atoms with Crippen LogP contribution >= 0.6 is 0 Å². The summed E-state index contributed by atoms with van der Waals surface area (Å²) < 4.78 is 0.771. The molecule has 0 aliphatic rings. The van der Waals surface area contributed by atoms with E-state index in [2.05, 4.69) is 31.8 Å². The Morgan fingerprint density at radius 3 is 2.33 bits per heavy atom. The molecule has 0 spiro atoms. The van der Waals surface area contributed by atoms with E-state index in [0.29, 0.717) is 5.69 Å². The molecule has 0 aliphatic carbocycles. The van der Waals surface area contributed by atoms with Gasteiger partial charge in [0.25, 0.3) is 0 Å².